The number of ether oxygens (including phenoxy) is 1. The zero-order chi connectivity index (χ0) is 12.8. The van der Waals surface area contributed by atoms with Crippen LogP contribution in [0.4, 0.5) is 0 Å². The van der Waals surface area contributed by atoms with Crippen LogP contribution in [0.5, 0.6) is 0 Å². The van der Waals surface area contributed by atoms with Gasteiger partial charge in [0.25, 0.3) is 0 Å². The van der Waals surface area contributed by atoms with Gasteiger partial charge >= 0.3 is 0 Å². The first-order valence-electron chi connectivity index (χ1n) is 6.65. The van der Waals surface area contributed by atoms with Gasteiger partial charge in [0.2, 0.25) is 5.91 Å². The minimum absolute atomic E-state index is 0.0480. The molecule has 1 amide bonds. The highest BCUT2D eigenvalue weighted by molar-refractivity contribution is 5.79. The summed E-state index contributed by atoms with van der Waals surface area (Å²) in [6, 6.07) is 0.257. The van der Waals surface area contributed by atoms with Gasteiger partial charge in [0, 0.05) is 19.2 Å². The summed E-state index contributed by atoms with van der Waals surface area (Å²) in [5.74, 6) is 0.566. The van der Waals surface area contributed by atoms with Crippen LogP contribution in [0.1, 0.15) is 40.0 Å². The van der Waals surface area contributed by atoms with Gasteiger partial charge in [-0.2, -0.15) is 0 Å². The largest absolute Gasteiger partial charge is 0.378 e. The van der Waals surface area contributed by atoms with Gasteiger partial charge in [0.15, 0.2) is 0 Å². The van der Waals surface area contributed by atoms with Gasteiger partial charge in [-0.1, -0.05) is 13.8 Å². The molecule has 4 heteroatoms. The zero-order valence-corrected chi connectivity index (χ0v) is 11.2. The summed E-state index contributed by atoms with van der Waals surface area (Å²) in [5.41, 5.74) is 5.67. The summed E-state index contributed by atoms with van der Waals surface area (Å²) in [5, 5.41) is 3.11. The molecule has 3 N–H and O–H groups in total. The first-order valence-corrected chi connectivity index (χ1v) is 6.65. The Hall–Kier alpha value is -0.610. The number of hydrogen-bond donors (Lipinski definition) is 2. The lowest BCUT2D eigenvalue weighted by molar-refractivity contribution is -0.126. The average Bonchev–Trinajstić information content (AvgIpc) is 2.25. The van der Waals surface area contributed by atoms with Crippen LogP contribution in [0.25, 0.3) is 0 Å². The molecule has 1 heterocycles. The number of rotatable bonds is 5. The monoisotopic (exact) mass is 242 g/mol. The second kappa shape index (κ2) is 6.97. The van der Waals surface area contributed by atoms with Crippen molar-refractivity contribution in [2.24, 2.45) is 17.6 Å². The predicted molar refractivity (Wildman–Crippen MR) is 68.6 cm³/mol. The van der Waals surface area contributed by atoms with Gasteiger partial charge in [-0.3, -0.25) is 4.79 Å². The fraction of sp³-hybridized carbons (Fsp3) is 0.923. The summed E-state index contributed by atoms with van der Waals surface area (Å²) in [7, 11) is 0. The molecule has 3 unspecified atom stereocenters. The Morgan fingerprint density at radius 2 is 2.24 bits per heavy atom. The molecule has 0 radical (unpaired) electrons. The molecule has 0 aromatic heterocycles. The first-order chi connectivity index (χ1) is 8.02. The van der Waals surface area contributed by atoms with Crippen LogP contribution in [0.2, 0.25) is 0 Å². The summed E-state index contributed by atoms with van der Waals surface area (Å²) in [6.45, 7) is 7.46. The van der Waals surface area contributed by atoms with E-state index in [-0.39, 0.29) is 24.0 Å². The summed E-state index contributed by atoms with van der Waals surface area (Å²) in [4.78, 5) is 12.1. The topological polar surface area (TPSA) is 64.4 Å². The molecule has 1 fully saturated rings. The van der Waals surface area contributed by atoms with Crippen molar-refractivity contribution in [1.82, 2.24) is 5.32 Å². The molecule has 17 heavy (non-hydrogen) atoms. The fourth-order valence-corrected chi connectivity index (χ4v) is 2.33. The maximum atomic E-state index is 12.1. The van der Waals surface area contributed by atoms with Crippen LogP contribution in [0.15, 0.2) is 0 Å². The lowest BCUT2D eigenvalue weighted by Crippen LogP contribution is -2.45. The molecule has 3 atom stereocenters. The van der Waals surface area contributed by atoms with E-state index in [0.717, 1.165) is 25.9 Å². The predicted octanol–water partition coefficient (Wildman–Crippen LogP) is 1.29. The van der Waals surface area contributed by atoms with Crippen molar-refractivity contribution < 1.29 is 9.53 Å². The standard InChI is InChI=1S/C13H26N2O2/c1-9(2)6-11(8-14)13(16)15-12-4-5-17-10(3)7-12/h9-12H,4-8,14H2,1-3H3,(H,15,16). The minimum Gasteiger partial charge on any atom is -0.378 e. The Kier molecular flexibility index (Phi) is 5.92. The molecule has 0 saturated carbocycles. The third-order valence-corrected chi connectivity index (χ3v) is 3.24. The van der Waals surface area contributed by atoms with Crippen LogP contribution in [-0.2, 0) is 9.53 Å². The van der Waals surface area contributed by atoms with E-state index >= 15 is 0 Å². The molecule has 0 aliphatic carbocycles. The SMILES string of the molecule is CC(C)CC(CN)C(=O)NC1CCOC(C)C1. The molecule has 1 aliphatic heterocycles. The van der Waals surface area contributed by atoms with E-state index in [9.17, 15) is 4.79 Å². The molecule has 0 bridgehead atoms. The second-order valence-electron chi connectivity index (χ2n) is 5.47. The third-order valence-electron chi connectivity index (χ3n) is 3.24. The highest BCUT2D eigenvalue weighted by atomic mass is 16.5. The number of carbonyl (C=O) groups excluding carboxylic acids is 1. The summed E-state index contributed by atoms with van der Waals surface area (Å²) >= 11 is 0. The molecule has 100 valence electrons. The van der Waals surface area contributed by atoms with Gasteiger partial charge in [-0.25, -0.2) is 0 Å². The van der Waals surface area contributed by atoms with E-state index in [1.165, 1.54) is 0 Å². The van der Waals surface area contributed by atoms with Crippen LogP contribution in [0.3, 0.4) is 0 Å². The zero-order valence-electron chi connectivity index (χ0n) is 11.2. The molecule has 0 aromatic rings. The van der Waals surface area contributed by atoms with Crippen molar-refractivity contribution in [3.63, 3.8) is 0 Å². The third kappa shape index (κ3) is 5.04. The van der Waals surface area contributed by atoms with E-state index in [1.54, 1.807) is 0 Å². The summed E-state index contributed by atoms with van der Waals surface area (Å²) < 4.78 is 5.46. The van der Waals surface area contributed by atoms with Crippen molar-refractivity contribution in [1.29, 1.82) is 0 Å². The quantitative estimate of drug-likeness (QED) is 0.763. The smallest absolute Gasteiger partial charge is 0.224 e. The van der Waals surface area contributed by atoms with Crippen molar-refractivity contribution in [3.05, 3.63) is 0 Å². The number of amides is 1. The lowest BCUT2D eigenvalue weighted by atomic mass is 9.95. The fourth-order valence-electron chi connectivity index (χ4n) is 2.33. The Morgan fingerprint density at radius 3 is 2.76 bits per heavy atom. The molecule has 1 rings (SSSR count). The lowest BCUT2D eigenvalue weighted by Gasteiger charge is -2.29. The van der Waals surface area contributed by atoms with Crippen molar-refractivity contribution in [2.75, 3.05) is 13.2 Å². The normalized spacial score (nSPS) is 26.9. The Morgan fingerprint density at radius 1 is 1.53 bits per heavy atom. The summed E-state index contributed by atoms with van der Waals surface area (Å²) in [6.07, 6.45) is 2.93. The van der Waals surface area contributed by atoms with Crippen LogP contribution in [-0.4, -0.2) is 31.2 Å². The number of hydrogen-bond acceptors (Lipinski definition) is 3. The van der Waals surface area contributed by atoms with Crippen LogP contribution >= 0.6 is 0 Å². The molecular weight excluding hydrogens is 216 g/mol. The maximum Gasteiger partial charge on any atom is 0.224 e. The first kappa shape index (κ1) is 14.5. The molecule has 1 saturated heterocycles. The van der Waals surface area contributed by atoms with Gasteiger partial charge in [-0.05, 0) is 32.1 Å². The highest BCUT2D eigenvalue weighted by Gasteiger charge is 2.24. The van der Waals surface area contributed by atoms with Gasteiger partial charge in [-0.15, -0.1) is 0 Å². The average molecular weight is 242 g/mol. The molecule has 4 nitrogen and oxygen atoms in total. The van der Waals surface area contributed by atoms with E-state index in [2.05, 4.69) is 19.2 Å². The molecule has 1 aliphatic rings. The van der Waals surface area contributed by atoms with Crippen LogP contribution in [0, 0.1) is 11.8 Å². The van der Waals surface area contributed by atoms with Crippen molar-refractivity contribution in [3.8, 4) is 0 Å². The van der Waals surface area contributed by atoms with Crippen molar-refractivity contribution in [2.45, 2.75) is 52.2 Å². The number of nitrogens with two attached hydrogens (primary N) is 1. The second-order valence-corrected chi connectivity index (χ2v) is 5.47. The van der Waals surface area contributed by atoms with Crippen LogP contribution < -0.4 is 11.1 Å². The maximum absolute atomic E-state index is 12.1. The van der Waals surface area contributed by atoms with Gasteiger partial charge in [0.1, 0.15) is 0 Å². The minimum atomic E-state index is -0.0480. The Labute approximate surface area is 104 Å². The van der Waals surface area contributed by atoms with E-state index in [4.69, 9.17) is 10.5 Å². The molecular formula is C13H26N2O2. The van der Waals surface area contributed by atoms with Gasteiger partial charge in [0.05, 0.1) is 12.0 Å². The number of nitrogens with one attached hydrogen (secondary N) is 1. The molecule has 0 aromatic carbocycles. The highest BCUT2D eigenvalue weighted by Crippen LogP contribution is 2.15. The van der Waals surface area contributed by atoms with Crippen molar-refractivity contribution >= 4 is 5.91 Å². The Balaban J connectivity index is 2.40. The van der Waals surface area contributed by atoms with E-state index < -0.39 is 0 Å². The van der Waals surface area contributed by atoms with E-state index in [1.807, 2.05) is 6.92 Å². The molecule has 0 spiro atoms. The van der Waals surface area contributed by atoms with Gasteiger partial charge < -0.3 is 15.8 Å². The van der Waals surface area contributed by atoms with E-state index in [0.29, 0.717) is 12.5 Å². The Bertz CT molecular complexity index is 244. The number of carbonyl (C=O) groups is 1.